The predicted octanol–water partition coefficient (Wildman–Crippen LogP) is 2.72. The third-order valence-electron chi connectivity index (χ3n) is 4.12. The van der Waals surface area contributed by atoms with Crippen LogP contribution in [0.1, 0.15) is 18.4 Å². The number of aliphatic imine (C=N–C) groups is 1. The summed E-state index contributed by atoms with van der Waals surface area (Å²) in [6.07, 6.45) is 5.47. The normalized spacial score (nSPS) is 20.2. The minimum Gasteiger partial charge on any atom is -0.489 e. The van der Waals surface area contributed by atoms with Crippen LogP contribution < -0.4 is 10.5 Å². The van der Waals surface area contributed by atoms with Crippen LogP contribution in [-0.2, 0) is 9.53 Å². The Morgan fingerprint density at radius 1 is 1.28 bits per heavy atom. The smallest absolute Gasteiger partial charge is 0.286 e. The van der Waals surface area contributed by atoms with Crippen molar-refractivity contribution in [2.75, 3.05) is 13.2 Å². The minimum absolute atomic E-state index is 0.154. The molecule has 0 spiro atoms. The largest absolute Gasteiger partial charge is 0.489 e. The zero-order valence-corrected chi connectivity index (χ0v) is 14.3. The van der Waals surface area contributed by atoms with Crippen molar-refractivity contribution in [2.24, 2.45) is 10.7 Å². The van der Waals surface area contributed by atoms with E-state index in [1.165, 1.54) is 11.8 Å². The van der Waals surface area contributed by atoms with Crippen molar-refractivity contribution < 1.29 is 14.3 Å². The van der Waals surface area contributed by atoms with Crippen molar-refractivity contribution in [3.63, 3.8) is 0 Å². The Balaban J connectivity index is 1.66. The second-order valence-corrected chi connectivity index (χ2v) is 6.94. The number of amidine groups is 1. The first-order valence-electron chi connectivity index (χ1n) is 8.10. The number of nitrogens with zero attached hydrogens (tertiary/aromatic N) is 2. The molecule has 0 saturated carbocycles. The van der Waals surface area contributed by atoms with E-state index in [1.54, 1.807) is 12.3 Å². The van der Waals surface area contributed by atoms with E-state index in [-0.39, 0.29) is 17.2 Å². The molecule has 0 aliphatic carbocycles. The maximum atomic E-state index is 11.8. The molecule has 1 aromatic carbocycles. The summed E-state index contributed by atoms with van der Waals surface area (Å²) in [4.78, 5) is 20.4. The lowest BCUT2D eigenvalue weighted by Crippen LogP contribution is -2.25. The van der Waals surface area contributed by atoms with E-state index in [4.69, 9.17) is 15.2 Å². The average Bonchev–Trinajstić information content (AvgIpc) is 2.93. The molecule has 0 atom stereocenters. The maximum Gasteiger partial charge on any atom is 0.286 e. The summed E-state index contributed by atoms with van der Waals surface area (Å²) in [5, 5.41) is 1.20. The van der Waals surface area contributed by atoms with E-state index >= 15 is 0 Å². The third kappa shape index (κ3) is 3.52. The number of rotatable bonds is 3. The Kier molecular flexibility index (Phi) is 4.42. The predicted molar refractivity (Wildman–Crippen MR) is 98.4 cm³/mol. The van der Waals surface area contributed by atoms with Crippen LogP contribution >= 0.6 is 11.8 Å². The Bertz CT molecular complexity index is 888. The van der Waals surface area contributed by atoms with Crippen LogP contribution in [-0.4, -0.2) is 35.4 Å². The number of carbonyl (C=O) groups excluding carboxylic acids is 1. The Hall–Kier alpha value is -2.38. The van der Waals surface area contributed by atoms with Crippen molar-refractivity contribution in [2.45, 2.75) is 18.9 Å². The first-order valence-corrected chi connectivity index (χ1v) is 8.92. The van der Waals surface area contributed by atoms with Gasteiger partial charge in [-0.05, 0) is 41.6 Å². The zero-order chi connectivity index (χ0) is 17.2. The van der Waals surface area contributed by atoms with Crippen LogP contribution in [0.15, 0.2) is 40.4 Å². The van der Waals surface area contributed by atoms with Gasteiger partial charge < -0.3 is 15.2 Å². The molecule has 2 aliphatic heterocycles. The monoisotopic (exact) mass is 355 g/mol. The van der Waals surface area contributed by atoms with Gasteiger partial charge >= 0.3 is 0 Å². The number of ether oxygens (including phenoxy) is 2. The molecule has 1 amide bonds. The van der Waals surface area contributed by atoms with E-state index in [0.29, 0.717) is 4.91 Å². The molecule has 7 heteroatoms. The molecular weight excluding hydrogens is 338 g/mol. The first kappa shape index (κ1) is 16.1. The molecule has 2 aliphatic rings. The van der Waals surface area contributed by atoms with Gasteiger partial charge in [-0.25, -0.2) is 0 Å². The van der Waals surface area contributed by atoms with Gasteiger partial charge in [0.05, 0.1) is 23.6 Å². The molecule has 2 aromatic rings. The highest BCUT2D eigenvalue weighted by Gasteiger charge is 2.20. The van der Waals surface area contributed by atoms with E-state index in [0.717, 1.165) is 48.3 Å². The number of fused-ring (bicyclic) bond motifs is 1. The number of pyridine rings is 1. The summed E-state index contributed by atoms with van der Waals surface area (Å²) in [7, 11) is 0. The lowest BCUT2D eigenvalue weighted by Gasteiger charge is -2.23. The summed E-state index contributed by atoms with van der Waals surface area (Å²) >= 11 is 1.19. The van der Waals surface area contributed by atoms with Gasteiger partial charge in [-0.15, -0.1) is 0 Å². The molecule has 1 saturated heterocycles. The van der Waals surface area contributed by atoms with Crippen LogP contribution in [0.3, 0.4) is 0 Å². The van der Waals surface area contributed by atoms with Crippen LogP contribution in [0.2, 0.25) is 0 Å². The van der Waals surface area contributed by atoms with Crippen LogP contribution in [0.25, 0.3) is 17.0 Å². The average molecular weight is 355 g/mol. The third-order valence-corrected chi connectivity index (χ3v) is 4.94. The summed E-state index contributed by atoms with van der Waals surface area (Å²) in [5.74, 6) is 0.505. The summed E-state index contributed by atoms with van der Waals surface area (Å²) < 4.78 is 11.6. The SMILES string of the molecule is NC1=NC(=O)/C(=C/c2ccc3nccc(OC4CCOCC4)c3c2)S1. The van der Waals surface area contributed by atoms with Gasteiger partial charge in [0.2, 0.25) is 0 Å². The fourth-order valence-corrected chi connectivity index (χ4v) is 3.56. The molecule has 6 nitrogen and oxygen atoms in total. The number of nitrogens with two attached hydrogens (primary N) is 1. The second-order valence-electron chi connectivity index (χ2n) is 5.88. The molecule has 128 valence electrons. The van der Waals surface area contributed by atoms with Crippen LogP contribution in [0.4, 0.5) is 0 Å². The van der Waals surface area contributed by atoms with E-state index < -0.39 is 0 Å². The maximum absolute atomic E-state index is 11.8. The van der Waals surface area contributed by atoms with Crippen molar-refractivity contribution in [1.29, 1.82) is 0 Å². The van der Waals surface area contributed by atoms with Crippen molar-refractivity contribution in [3.05, 3.63) is 40.9 Å². The minimum atomic E-state index is -0.299. The molecule has 1 fully saturated rings. The Labute approximate surface area is 149 Å². The quantitative estimate of drug-likeness (QED) is 0.852. The number of thioether (sulfide) groups is 1. The first-order chi connectivity index (χ1) is 12.2. The fraction of sp³-hybridized carbons (Fsp3) is 0.278. The molecule has 0 bridgehead atoms. The lowest BCUT2D eigenvalue weighted by molar-refractivity contribution is -0.113. The van der Waals surface area contributed by atoms with Crippen molar-refractivity contribution in [3.8, 4) is 5.75 Å². The molecule has 2 N–H and O–H groups in total. The standard InChI is InChI=1S/C18H17N3O3S/c19-18-21-17(22)16(25-18)10-11-1-2-14-13(9-11)15(3-6-20-14)24-12-4-7-23-8-5-12/h1-3,6,9-10,12H,4-5,7-8H2,(H2,19,21,22)/b16-10-. The van der Waals surface area contributed by atoms with Gasteiger partial charge in [-0.3, -0.25) is 9.78 Å². The molecule has 4 rings (SSSR count). The summed E-state index contributed by atoms with van der Waals surface area (Å²) in [5.41, 5.74) is 7.34. The van der Waals surface area contributed by atoms with Gasteiger partial charge in [0.15, 0.2) is 5.17 Å². The van der Waals surface area contributed by atoms with Gasteiger partial charge in [0, 0.05) is 24.4 Å². The van der Waals surface area contributed by atoms with Crippen LogP contribution in [0, 0.1) is 0 Å². The van der Waals surface area contributed by atoms with Gasteiger partial charge in [-0.2, -0.15) is 4.99 Å². The number of aromatic nitrogens is 1. The number of hydrogen-bond donors (Lipinski definition) is 1. The number of benzene rings is 1. The molecule has 0 radical (unpaired) electrons. The van der Waals surface area contributed by atoms with Crippen LogP contribution in [0.5, 0.6) is 5.75 Å². The summed E-state index contributed by atoms with van der Waals surface area (Å²) in [6, 6.07) is 7.70. The molecule has 0 unspecified atom stereocenters. The summed E-state index contributed by atoms with van der Waals surface area (Å²) in [6.45, 7) is 1.46. The zero-order valence-electron chi connectivity index (χ0n) is 13.5. The highest BCUT2D eigenvalue weighted by molar-refractivity contribution is 8.18. The molecular formula is C18H17N3O3S. The topological polar surface area (TPSA) is 86.8 Å². The molecule has 25 heavy (non-hydrogen) atoms. The van der Waals surface area contributed by atoms with E-state index in [2.05, 4.69) is 9.98 Å². The van der Waals surface area contributed by atoms with Crippen molar-refractivity contribution in [1.82, 2.24) is 4.98 Å². The number of amides is 1. The highest BCUT2D eigenvalue weighted by atomic mass is 32.2. The Morgan fingerprint density at radius 3 is 2.88 bits per heavy atom. The van der Waals surface area contributed by atoms with Gasteiger partial charge in [0.1, 0.15) is 11.9 Å². The van der Waals surface area contributed by atoms with E-state index in [9.17, 15) is 4.79 Å². The molecule has 3 heterocycles. The second kappa shape index (κ2) is 6.85. The highest BCUT2D eigenvalue weighted by Crippen LogP contribution is 2.30. The number of hydrogen-bond acceptors (Lipinski definition) is 6. The Morgan fingerprint density at radius 2 is 2.12 bits per heavy atom. The molecule has 1 aromatic heterocycles. The van der Waals surface area contributed by atoms with Gasteiger partial charge in [0.25, 0.3) is 5.91 Å². The van der Waals surface area contributed by atoms with Gasteiger partial charge in [-0.1, -0.05) is 6.07 Å². The number of carbonyl (C=O) groups is 1. The lowest BCUT2D eigenvalue weighted by atomic mass is 10.1. The fourth-order valence-electron chi connectivity index (χ4n) is 2.88. The van der Waals surface area contributed by atoms with Crippen molar-refractivity contribution >= 4 is 39.8 Å². The van der Waals surface area contributed by atoms with E-state index in [1.807, 2.05) is 24.3 Å².